The first-order valence-electron chi connectivity index (χ1n) is 7.11. The van der Waals surface area contributed by atoms with E-state index in [2.05, 4.69) is 11.9 Å². The molecule has 0 fully saturated rings. The fourth-order valence-corrected chi connectivity index (χ4v) is 2.88. The van der Waals surface area contributed by atoms with Crippen molar-refractivity contribution in [1.29, 1.82) is 0 Å². The molecule has 0 spiro atoms. The van der Waals surface area contributed by atoms with Crippen LogP contribution < -0.4 is 11.1 Å². The third-order valence-electron chi connectivity index (χ3n) is 4.27. The van der Waals surface area contributed by atoms with Gasteiger partial charge in [0, 0.05) is 11.8 Å². The normalized spacial score (nSPS) is 22.6. The third kappa shape index (κ3) is 2.25. The summed E-state index contributed by atoms with van der Waals surface area (Å²) in [5.41, 5.74) is 6.90. The minimum atomic E-state index is -1.11. The van der Waals surface area contributed by atoms with E-state index in [4.69, 9.17) is 5.73 Å². The molecule has 1 aromatic carbocycles. The molecule has 1 aromatic rings. The second kappa shape index (κ2) is 5.13. The van der Waals surface area contributed by atoms with Crippen LogP contribution in [0.1, 0.15) is 22.3 Å². The molecule has 7 nitrogen and oxygen atoms in total. The van der Waals surface area contributed by atoms with Gasteiger partial charge in [0.1, 0.15) is 12.0 Å². The number of nitrogens with one attached hydrogen (secondary N) is 1. The Hall–Kier alpha value is -2.80. The molecule has 120 valence electrons. The number of hydrogen-bond donors (Lipinski definition) is 4. The number of aliphatic hydroxyl groups is 1. The topological polar surface area (TPSA) is 116 Å². The molecule has 0 saturated heterocycles. The Morgan fingerprint density at radius 2 is 2.17 bits per heavy atom. The number of aliphatic hydroxyl groups excluding tert-OH is 1. The molecule has 5 N–H and O–H groups in total. The van der Waals surface area contributed by atoms with Gasteiger partial charge in [-0.3, -0.25) is 9.59 Å². The van der Waals surface area contributed by atoms with E-state index in [1.807, 2.05) is 0 Å². The predicted molar refractivity (Wildman–Crippen MR) is 83.5 cm³/mol. The minimum Gasteiger partial charge on any atom is -0.505 e. The molecule has 2 unspecified atom stereocenters. The number of phenolic OH excluding ortho intramolecular Hbond substituents is 1. The van der Waals surface area contributed by atoms with Crippen molar-refractivity contribution >= 4 is 17.5 Å². The van der Waals surface area contributed by atoms with Crippen LogP contribution in [0, 0.1) is 6.92 Å². The minimum absolute atomic E-state index is 0.0678. The van der Waals surface area contributed by atoms with Crippen LogP contribution in [0.25, 0.3) is 0 Å². The Bertz CT molecular complexity index is 769. The second-order valence-electron chi connectivity index (χ2n) is 5.72. The Labute approximate surface area is 132 Å². The average molecular weight is 315 g/mol. The molecule has 0 bridgehead atoms. The molecule has 2 atom stereocenters. The number of phenols is 1. The number of primary amides is 1. The van der Waals surface area contributed by atoms with Gasteiger partial charge in [0.05, 0.1) is 17.3 Å². The standard InChI is InChI=1S/C16H17N3O4/c1-7-3-4-10-12(13(7)20)18-15(22)11-5-9(8(2)14(17)21)6-19(11)16(10)23/h3-4,6,11,15,18,20,22H,2,5H2,1H3,(H2,17,21). The van der Waals surface area contributed by atoms with E-state index in [9.17, 15) is 19.8 Å². The maximum atomic E-state index is 12.7. The van der Waals surface area contributed by atoms with Crippen molar-refractivity contribution in [2.45, 2.75) is 25.6 Å². The average Bonchev–Trinajstić information content (AvgIpc) is 2.92. The van der Waals surface area contributed by atoms with E-state index in [0.29, 0.717) is 11.1 Å². The summed E-state index contributed by atoms with van der Waals surface area (Å²) < 4.78 is 0. The molecule has 0 radical (unpaired) electrons. The second-order valence-corrected chi connectivity index (χ2v) is 5.72. The number of carbonyl (C=O) groups excluding carboxylic acids is 2. The fourth-order valence-electron chi connectivity index (χ4n) is 2.88. The summed E-state index contributed by atoms with van der Waals surface area (Å²) >= 11 is 0. The highest BCUT2D eigenvalue weighted by atomic mass is 16.3. The van der Waals surface area contributed by atoms with E-state index >= 15 is 0 Å². The number of hydrogen-bond acceptors (Lipinski definition) is 5. The highest BCUT2D eigenvalue weighted by molar-refractivity contribution is 6.03. The molecular formula is C16H17N3O4. The van der Waals surface area contributed by atoms with Crippen LogP contribution in [0.2, 0.25) is 0 Å². The van der Waals surface area contributed by atoms with Gasteiger partial charge < -0.3 is 26.2 Å². The van der Waals surface area contributed by atoms with Crippen LogP contribution in [-0.2, 0) is 4.79 Å². The number of rotatable bonds is 2. The van der Waals surface area contributed by atoms with Crippen molar-refractivity contribution in [2.24, 2.45) is 5.73 Å². The van der Waals surface area contributed by atoms with Crippen molar-refractivity contribution in [1.82, 2.24) is 4.90 Å². The highest BCUT2D eigenvalue weighted by Gasteiger charge is 2.40. The van der Waals surface area contributed by atoms with E-state index in [1.54, 1.807) is 19.1 Å². The number of benzene rings is 1. The highest BCUT2D eigenvalue weighted by Crippen LogP contribution is 2.39. The molecule has 2 aliphatic rings. The van der Waals surface area contributed by atoms with Gasteiger partial charge in [-0.1, -0.05) is 12.6 Å². The zero-order valence-corrected chi connectivity index (χ0v) is 12.5. The van der Waals surface area contributed by atoms with Gasteiger partial charge >= 0.3 is 0 Å². The summed E-state index contributed by atoms with van der Waals surface area (Å²) in [6.45, 7) is 5.32. The third-order valence-corrected chi connectivity index (χ3v) is 4.27. The Balaban J connectivity index is 2.06. The van der Waals surface area contributed by atoms with Gasteiger partial charge in [-0.25, -0.2) is 0 Å². The zero-order chi connectivity index (χ0) is 16.9. The van der Waals surface area contributed by atoms with Gasteiger partial charge in [0.2, 0.25) is 5.91 Å². The number of nitrogens with zero attached hydrogens (tertiary/aromatic N) is 1. The number of amides is 2. The Morgan fingerprint density at radius 3 is 2.83 bits per heavy atom. The molecule has 2 heterocycles. The summed E-state index contributed by atoms with van der Waals surface area (Å²) in [5, 5.41) is 23.3. The maximum absolute atomic E-state index is 12.7. The summed E-state index contributed by atoms with van der Waals surface area (Å²) in [6, 6.07) is 2.60. The molecule has 2 amide bonds. The van der Waals surface area contributed by atoms with Crippen LogP contribution in [-0.4, -0.2) is 39.2 Å². The lowest BCUT2D eigenvalue weighted by molar-refractivity contribution is -0.114. The Morgan fingerprint density at radius 1 is 1.48 bits per heavy atom. The van der Waals surface area contributed by atoms with Gasteiger partial charge in [0.25, 0.3) is 5.91 Å². The summed E-state index contributed by atoms with van der Waals surface area (Å²) in [5.74, 6) is -1.11. The molecule has 3 rings (SSSR count). The van der Waals surface area contributed by atoms with Crippen molar-refractivity contribution < 1.29 is 19.8 Å². The lowest BCUT2D eigenvalue weighted by Gasteiger charge is -2.24. The van der Waals surface area contributed by atoms with Gasteiger partial charge in [-0.2, -0.15) is 0 Å². The molecule has 0 aromatic heterocycles. The molecule has 23 heavy (non-hydrogen) atoms. The van der Waals surface area contributed by atoms with Crippen LogP contribution >= 0.6 is 0 Å². The van der Waals surface area contributed by atoms with Crippen LogP contribution in [0.4, 0.5) is 5.69 Å². The van der Waals surface area contributed by atoms with Crippen LogP contribution in [0.5, 0.6) is 5.75 Å². The summed E-state index contributed by atoms with van der Waals surface area (Å²) in [6.07, 6.45) is 0.620. The number of aromatic hydroxyl groups is 1. The first kappa shape index (κ1) is 15.1. The van der Waals surface area contributed by atoms with E-state index < -0.39 is 18.2 Å². The number of carbonyl (C=O) groups is 2. The number of fused-ring (bicyclic) bond motifs is 2. The lowest BCUT2D eigenvalue weighted by atomic mass is 10.0. The van der Waals surface area contributed by atoms with Crippen molar-refractivity contribution in [3.8, 4) is 5.75 Å². The zero-order valence-electron chi connectivity index (χ0n) is 12.5. The van der Waals surface area contributed by atoms with Crippen LogP contribution in [0.15, 0.2) is 36.1 Å². The molecular weight excluding hydrogens is 298 g/mol. The Kier molecular flexibility index (Phi) is 3.37. The number of anilines is 1. The summed E-state index contributed by atoms with van der Waals surface area (Å²) in [4.78, 5) is 25.4. The summed E-state index contributed by atoms with van der Waals surface area (Å²) in [7, 11) is 0. The number of aryl methyl sites for hydroxylation is 1. The monoisotopic (exact) mass is 315 g/mol. The quantitative estimate of drug-likeness (QED) is 0.471. The van der Waals surface area contributed by atoms with Crippen molar-refractivity contribution in [3.05, 3.63) is 47.2 Å². The maximum Gasteiger partial charge on any atom is 0.260 e. The lowest BCUT2D eigenvalue weighted by Crippen LogP contribution is -2.42. The SMILES string of the molecule is C=C(C(N)=O)C1=CN2C(=O)c3ccc(C)c(O)c3NC(O)C2C1. The fraction of sp³-hybridized carbons (Fsp3) is 0.250. The molecule has 0 saturated carbocycles. The first-order valence-corrected chi connectivity index (χ1v) is 7.11. The predicted octanol–water partition coefficient (Wildman–Crippen LogP) is 0.584. The van der Waals surface area contributed by atoms with E-state index in [1.165, 1.54) is 11.1 Å². The molecule has 7 heteroatoms. The van der Waals surface area contributed by atoms with Gasteiger partial charge in [-0.05, 0) is 30.5 Å². The molecule has 2 aliphatic heterocycles. The molecule has 0 aliphatic carbocycles. The largest absolute Gasteiger partial charge is 0.505 e. The van der Waals surface area contributed by atoms with E-state index in [0.717, 1.165) is 0 Å². The first-order chi connectivity index (χ1) is 10.8. The van der Waals surface area contributed by atoms with Gasteiger partial charge in [0.15, 0.2) is 0 Å². The smallest absolute Gasteiger partial charge is 0.260 e. The van der Waals surface area contributed by atoms with Crippen molar-refractivity contribution in [3.63, 3.8) is 0 Å². The van der Waals surface area contributed by atoms with Crippen LogP contribution in [0.3, 0.4) is 0 Å². The van der Waals surface area contributed by atoms with Crippen molar-refractivity contribution in [2.75, 3.05) is 5.32 Å². The van der Waals surface area contributed by atoms with E-state index in [-0.39, 0.29) is 34.9 Å². The number of nitrogens with two attached hydrogens (primary N) is 1. The van der Waals surface area contributed by atoms with Gasteiger partial charge in [-0.15, -0.1) is 0 Å².